The van der Waals surface area contributed by atoms with Gasteiger partial charge in [0.15, 0.2) is 11.6 Å². The number of hydrogen-bond donors (Lipinski definition) is 1. The lowest BCUT2D eigenvalue weighted by molar-refractivity contribution is 0.102. The maximum Gasteiger partial charge on any atom is 0.256 e. The van der Waals surface area contributed by atoms with Crippen LogP contribution in [0.25, 0.3) is 16.7 Å². The highest BCUT2D eigenvalue weighted by atomic mass is 35.5. The minimum atomic E-state index is -0.392. The maximum absolute atomic E-state index is 12.6. The van der Waals surface area contributed by atoms with E-state index >= 15 is 0 Å². The number of anilines is 1. The third kappa shape index (κ3) is 3.24. The van der Waals surface area contributed by atoms with E-state index in [0.29, 0.717) is 16.4 Å². The third-order valence-corrected chi connectivity index (χ3v) is 4.24. The molecule has 0 aliphatic heterocycles. The summed E-state index contributed by atoms with van der Waals surface area (Å²) in [5.41, 5.74) is 1.40. The van der Waals surface area contributed by atoms with E-state index in [1.54, 1.807) is 30.3 Å². The number of nitrogens with one attached hydrogen (secondary N) is 1. The van der Waals surface area contributed by atoms with Crippen LogP contribution in [0.15, 0.2) is 66.9 Å². The van der Waals surface area contributed by atoms with E-state index in [1.165, 1.54) is 10.9 Å². The van der Waals surface area contributed by atoms with Crippen molar-refractivity contribution in [3.8, 4) is 11.9 Å². The molecule has 4 rings (SSSR count). The summed E-state index contributed by atoms with van der Waals surface area (Å²) in [5.74, 6) is 0.360. The van der Waals surface area contributed by atoms with Crippen molar-refractivity contribution in [3.05, 3.63) is 83.0 Å². The van der Waals surface area contributed by atoms with Gasteiger partial charge in [-0.05, 0) is 36.4 Å². The number of carbonyl (C=O) groups is 1. The fourth-order valence-corrected chi connectivity index (χ4v) is 2.90. The molecule has 27 heavy (non-hydrogen) atoms. The van der Waals surface area contributed by atoms with Crippen LogP contribution >= 0.6 is 11.6 Å². The van der Waals surface area contributed by atoms with Crippen LogP contribution in [0.2, 0.25) is 5.02 Å². The van der Waals surface area contributed by atoms with Crippen molar-refractivity contribution >= 4 is 34.2 Å². The first-order valence-corrected chi connectivity index (χ1v) is 8.45. The van der Waals surface area contributed by atoms with Gasteiger partial charge in [0.05, 0.1) is 11.7 Å². The Morgan fingerprint density at radius 3 is 2.78 bits per heavy atom. The van der Waals surface area contributed by atoms with Gasteiger partial charge in [0.25, 0.3) is 5.91 Å². The van der Waals surface area contributed by atoms with Gasteiger partial charge in [-0.1, -0.05) is 35.9 Å². The predicted molar refractivity (Wildman–Crippen MR) is 103 cm³/mol. The normalized spacial score (nSPS) is 10.5. The number of hydrogen-bond acceptors (Lipinski definition) is 4. The third-order valence-electron chi connectivity index (χ3n) is 4.01. The highest BCUT2D eigenvalue weighted by Gasteiger charge is 2.17. The average Bonchev–Trinajstić information content (AvgIpc) is 3.10. The molecule has 0 saturated heterocycles. The molecule has 130 valence electrons. The molecule has 2 aromatic heterocycles. The Bertz CT molecular complexity index is 1210. The number of amides is 1. The number of halogens is 1. The predicted octanol–water partition coefficient (Wildman–Crippen LogP) is 4.20. The van der Waals surface area contributed by atoms with Gasteiger partial charge in [-0.25, -0.2) is 4.98 Å². The summed E-state index contributed by atoms with van der Waals surface area (Å²) in [5, 5.41) is 17.8. The maximum atomic E-state index is 12.6. The molecule has 0 aliphatic carbocycles. The zero-order valence-corrected chi connectivity index (χ0v) is 14.7. The quantitative estimate of drug-likeness (QED) is 0.583. The first kappa shape index (κ1) is 16.8. The monoisotopic (exact) mass is 373 g/mol. The van der Waals surface area contributed by atoms with Gasteiger partial charge >= 0.3 is 0 Å². The zero-order chi connectivity index (χ0) is 18.8. The minimum Gasteiger partial charge on any atom is -0.305 e. The van der Waals surface area contributed by atoms with Crippen molar-refractivity contribution in [3.63, 3.8) is 0 Å². The molecule has 2 heterocycles. The number of carbonyl (C=O) groups excluding carboxylic acids is 1. The van der Waals surface area contributed by atoms with Crippen LogP contribution in [-0.4, -0.2) is 20.7 Å². The van der Waals surface area contributed by atoms with E-state index < -0.39 is 5.91 Å². The number of rotatable bonds is 3. The van der Waals surface area contributed by atoms with Crippen LogP contribution in [0.3, 0.4) is 0 Å². The molecule has 7 heteroatoms. The van der Waals surface area contributed by atoms with Crippen molar-refractivity contribution in [1.82, 2.24) is 14.8 Å². The summed E-state index contributed by atoms with van der Waals surface area (Å²) in [6.45, 7) is 0. The van der Waals surface area contributed by atoms with Gasteiger partial charge in [0.1, 0.15) is 11.6 Å². The second-order valence-electron chi connectivity index (χ2n) is 5.76. The topological polar surface area (TPSA) is 83.6 Å². The molecule has 1 N–H and O–H groups in total. The van der Waals surface area contributed by atoms with E-state index in [0.717, 1.165) is 10.9 Å². The molecular formula is C20H12ClN5O. The van der Waals surface area contributed by atoms with Crippen LogP contribution in [0.1, 0.15) is 15.9 Å². The number of nitriles is 1. The second kappa shape index (κ2) is 6.90. The molecule has 4 aromatic rings. The number of fused-ring (bicyclic) bond motifs is 1. The van der Waals surface area contributed by atoms with E-state index in [2.05, 4.69) is 15.4 Å². The molecule has 6 nitrogen and oxygen atoms in total. The lowest BCUT2D eigenvalue weighted by atomic mass is 10.2. The summed E-state index contributed by atoms with van der Waals surface area (Å²) in [4.78, 5) is 17.2. The zero-order valence-electron chi connectivity index (χ0n) is 13.9. The average molecular weight is 374 g/mol. The van der Waals surface area contributed by atoms with Crippen LogP contribution in [-0.2, 0) is 0 Å². The summed E-state index contributed by atoms with van der Waals surface area (Å²) in [6, 6.07) is 20.0. The lowest BCUT2D eigenvalue weighted by Crippen LogP contribution is -2.16. The van der Waals surface area contributed by atoms with Crippen LogP contribution < -0.4 is 5.32 Å². The van der Waals surface area contributed by atoms with Crippen molar-refractivity contribution in [1.29, 1.82) is 5.26 Å². The van der Waals surface area contributed by atoms with Crippen LogP contribution in [0.5, 0.6) is 0 Å². The Morgan fingerprint density at radius 2 is 1.96 bits per heavy atom. The molecule has 1 amide bonds. The van der Waals surface area contributed by atoms with Crippen molar-refractivity contribution in [2.24, 2.45) is 0 Å². The first-order chi connectivity index (χ1) is 13.2. The van der Waals surface area contributed by atoms with Crippen LogP contribution in [0, 0.1) is 11.3 Å². The number of para-hydroxylation sites is 1. The number of benzene rings is 2. The molecule has 0 fully saturated rings. The summed E-state index contributed by atoms with van der Waals surface area (Å²) < 4.78 is 1.44. The van der Waals surface area contributed by atoms with E-state index in [1.807, 2.05) is 36.4 Å². The largest absolute Gasteiger partial charge is 0.305 e. The summed E-state index contributed by atoms with van der Waals surface area (Å²) in [6.07, 6.45) is 1.39. The summed E-state index contributed by atoms with van der Waals surface area (Å²) >= 11 is 5.95. The number of nitrogens with zero attached hydrogens (tertiary/aromatic N) is 4. The number of pyridine rings is 1. The second-order valence-corrected chi connectivity index (χ2v) is 6.19. The molecule has 0 saturated carbocycles. The molecule has 0 unspecified atom stereocenters. The first-order valence-electron chi connectivity index (χ1n) is 8.07. The van der Waals surface area contributed by atoms with Gasteiger partial charge in [-0.2, -0.15) is 15.0 Å². The van der Waals surface area contributed by atoms with Crippen LogP contribution in [0.4, 0.5) is 5.82 Å². The Hall–Kier alpha value is -3.69. The number of aromatic nitrogens is 3. The van der Waals surface area contributed by atoms with Crippen molar-refractivity contribution < 1.29 is 4.79 Å². The summed E-state index contributed by atoms with van der Waals surface area (Å²) in [7, 11) is 0. The molecule has 2 aromatic carbocycles. The van der Waals surface area contributed by atoms with Gasteiger partial charge < -0.3 is 5.32 Å². The Morgan fingerprint density at radius 1 is 1.11 bits per heavy atom. The molecular weight excluding hydrogens is 362 g/mol. The molecule has 0 spiro atoms. The Labute approximate surface area is 159 Å². The Balaban J connectivity index is 1.75. The fourth-order valence-electron chi connectivity index (χ4n) is 2.71. The van der Waals surface area contributed by atoms with Crippen molar-refractivity contribution in [2.75, 3.05) is 5.32 Å². The minimum absolute atomic E-state index is 0.236. The smallest absolute Gasteiger partial charge is 0.256 e. The molecule has 0 atom stereocenters. The van der Waals surface area contributed by atoms with Crippen molar-refractivity contribution in [2.45, 2.75) is 0 Å². The van der Waals surface area contributed by atoms with E-state index in [4.69, 9.17) is 11.6 Å². The fraction of sp³-hybridized carbons (Fsp3) is 0. The SMILES string of the molecule is N#Cc1cnn(-c2ccc3ccccc3n2)c1NC(=O)c1cccc(Cl)c1. The van der Waals surface area contributed by atoms with Gasteiger partial charge in [-0.15, -0.1) is 0 Å². The van der Waals surface area contributed by atoms with Gasteiger partial charge in [-0.3, -0.25) is 4.79 Å². The Kier molecular flexibility index (Phi) is 4.29. The lowest BCUT2D eigenvalue weighted by Gasteiger charge is -2.10. The molecule has 0 aliphatic rings. The van der Waals surface area contributed by atoms with Gasteiger partial charge in [0, 0.05) is 16.0 Å². The molecule has 0 radical (unpaired) electrons. The highest BCUT2D eigenvalue weighted by Crippen LogP contribution is 2.22. The standard InChI is InChI=1S/C20H12ClN5O/c21-16-6-3-5-14(10-16)20(27)25-19-15(11-22)12-23-26(19)18-9-8-13-4-1-2-7-17(13)24-18/h1-10,12H,(H,25,27). The van der Waals surface area contributed by atoms with E-state index in [-0.39, 0.29) is 11.4 Å². The van der Waals surface area contributed by atoms with Gasteiger partial charge in [0.2, 0.25) is 0 Å². The van der Waals surface area contributed by atoms with E-state index in [9.17, 15) is 10.1 Å². The highest BCUT2D eigenvalue weighted by molar-refractivity contribution is 6.31. The molecule has 0 bridgehead atoms.